The van der Waals surface area contributed by atoms with Crippen molar-refractivity contribution in [2.24, 2.45) is 7.05 Å². The van der Waals surface area contributed by atoms with Crippen LogP contribution in [0.1, 0.15) is 28.5 Å². The minimum atomic E-state index is -0.959. The van der Waals surface area contributed by atoms with Crippen LogP contribution in [0.5, 0.6) is 0 Å². The summed E-state index contributed by atoms with van der Waals surface area (Å²) in [5.41, 5.74) is 1.47. The maximum absolute atomic E-state index is 13.8. The minimum absolute atomic E-state index is 0.00743. The second kappa shape index (κ2) is 8.94. The first kappa shape index (κ1) is 22.3. The summed E-state index contributed by atoms with van der Waals surface area (Å²) < 4.78 is 34.2. The molecule has 2 N–H and O–H groups in total. The second-order valence-electron chi connectivity index (χ2n) is 7.49. The van der Waals surface area contributed by atoms with Crippen LogP contribution in [0.4, 0.5) is 8.78 Å². The van der Waals surface area contributed by atoms with Gasteiger partial charge in [-0.05, 0) is 35.7 Å². The number of carbonyl (C=O) groups is 1. The highest BCUT2D eigenvalue weighted by molar-refractivity contribution is 6.35. The summed E-state index contributed by atoms with van der Waals surface area (Å²) in [7, 11) is 1.69. The van der Waals surface area contributed by atoms with Gasteiger partial charge in [-0.15, -0.1) is 6.42 Å². The molecule has 0 saturated carbocycles. The van der Waals surface area contributed by atoms with Crippen LogP contribution in [0, 0.1) is 24.0 Å². The summed E-state index contributed by atoms with van der Waals surface area (Å²) in [4.78, 5) is 12.9. The number of amides is 1. The summed E-state index contributed by atoms with van der Waals surface area (Å²) >= 11 is 12.4. The predicted octanol–water partition coefficient (Wildman–Crippen LogP) is 4.14. The molecule has 0 bridgehead atoms. The smallest absolute Gasteiger partial charge is 0.287 e. The van der Waals surface area contributed by atoms with Crippen LogP contribution < -0.4 is 10.6 Å². The highest BCUT2D eigenvalue weighted by atomic mass is 35.5. The van der Waals surface area contributed by atoms with E-state index in [9.17, 15) is 13.6 Å². The average molecular weight is 479 g/mol. The molecule has 0 aliphatic carbocycles. The van der Waals surface area contributed by atoms with Crippen LogP contribution in [0.15, 0.2) is 34.9 Å². The molecule has 3 atom stereocenters. The van der Waals surface area contributed by atoms with E-state index in [1.165, 1.54) is 23.0 Å². The van der Waals surface area contributed by atoms with Crippen molar-refractivity contribution in [2.75, 3.05) is 6.54 Å². The summed E-state index contributed by atoms with van der Waals surface area (Å²) in [5, 5.41) is 10.4. The molecule has 1 amide bonds. The zero-order valence-electron chi connectivity index (χ0n) is 16.8. The molecule has 166 valence electrons. The highest BCUT2D eigenvalue weighted by Gasteiger charge is 2.33. The number of nitrogens with one attached hydrogen (secondary N) is 2. The Morgan fingerprint density at radius 2 is 2.12 bits per heavy atom. The topological polar surface area (TPSA) is 72.1 Å². The lowest BCUT2D eigenvalue weighted by molar-refractivity contribution is 0.0894. The largest absolute Gasteiger partial charge is 0.439 e. The van der Waals surface area contributed by atoms with Crippen LogP contribution in [-0.4, -0.2) is 34.3 Å². The molecule has 10 heteroatoms. The summed E-state index contributed by atoms with van der Waals surface area (Å²) in [6.07, 6.45) is 7.44. The lowest BCUT2D eigenvalue weighted by Gasteiger charge is -2.36. The molecule has 0 spiro atoms. The third-order valence-electron chi connectivity index (χ3n) is 5.51. The van der Waals surface area contributed by atoms with E-state index >= 15 is 0 Å². The number of benzene rings is 1. The Labute approximate surface area is 192 Å². The first-order valence-corrected chi connectivity index (χ1v) is 10.5. The van der Waals surface area contributed by atoms with E-state index in [-0.39, 0.29) is 22.9 Å². The SMILES string of the molecule is C#CC1C[C@@H](c2ccc(F)c(F)c2)[C@H](NC(=O)c2cc(-c3c(Cl)cnn3C)c(Cl)o2)CN1. The van der Waals surface area contributed by atoms with Crippen molar-refractivity contribution in [3.05, 3.63) is 63.7 Å². The fourth-order valence-electron chi connectivity index (χ4n) is 3.90. The van der Waals surface area contributed by atoms with Gasteiger partial charge >= 0.3 is 0 Å². The maximum Gasteiger partial charge on any atom is 0.287 e. The Balaban J connectivity index is 1.59. The number of hydrogen-bond acceptors (Lipinski definition) is 4. The van der Waals surface area contributed by atoms with Crippen LogP contribution in [0.3, 0.4) is 0 Å². The molecule has 32 heavy (non-hydrogen) atoms. The number of hydrogen-bond donors (Lipinski definition) is 2. The van der Waals surface area contributed by atoms with Gasteiger partial charge in [0, 0.05) is 31.6 Å². The van der Waals surface area contributed by atoms with Gasteiger partial charge in [0.15, 0.2) is 17.4 Å². The number of terminal acetylenes is 1. The van der Waals surface area contributed by atoms with Crippen molar-refractivity contribution < 1.29 is 18.0 Å². The summed E-state index contributed by atoms with van der Waals surface area (Å²) in [5.74, 6) is -0.158. The normalized spacial score (nSPS) is 20.7. The molecule has 1 aliphatic rings. The Morgan fingerprint density at radius 3 is 2.78 bits per heavy atom. The van der Waals surface area contributed by atoms with Crippen molar-refractivity contribution in [3.63, 3.8) is 0 Å². The third kappa shape index (κ3) is 4.24. The third-order valence-corrected chi connectivity index (χ3v) is 6.07. The first-order chi connectivity index (χ1) is 15.3. The zero-order chi connectivity index (χ0) is 23.0. The van der Waals surface area contributed by atoms with Gasteiger partial charge in [-0.1, -0.05) is 23.6 Å². The van der Waals surface area contributed by atoms with E-state index < -0.39 is 23.6 Å². The Kier molecular flexibility index (Phi) is 6.24. The fraction of sp³-hybridized carbons (Fsp3) is 0.273. The molecule has 1 unspecified atom stereocenters. The number of piperidine rings is 1. The van der Waals surface area contributed by atoms with Gasteiger partial charge in [-0.25, -0.2) is 8.78 Å². The maximum atomic E-state index is 13.8. The summed E-state index contributed by atoms with van der Waals surface area (Å²) in [6, 6.07) is 4.44. The van der Waals surface area contributed by atoms with E-state index in [4.69, 9.17) is 34.0 Å². The molecule has 3 aromatic rings. The Hall–Kier alpha value is -2.86. The first-order valence-electron chi connectivity index (χ1n) is 9.71. The number of aryl methyl sites for hydroxylation is 1. The van der Waals surface area contributed by atoms with Gasteiger partial charge < -0.3 is 15.1 Å². The van der Waals surface area contributed by atoms with Gasteiger partial charge in [-0.3, -0.25) is 9.48 Å². The molecule has 2 aromatic heterocycles. The lowest BCUT2D eigenvalue weighted by atomic mass is 9.82. The van der Waals surface area contributed by atoms with Crippen molar-refractivity contribution in [1.82, 2.24) is 20.4 Å². The van der Waals surface area contributed by atoms with Gasteiger partial charge in [0.2, 0.25) is 5.22 Å². The number of halogens is 4. The van der Waals surface area contributed by atoms with E-state index in [2.05, 4.69) is 21.7 Å². The van der Waals surface area contributed by atoms with Crippen molar-refractivity contribution in [1.29, 1.82) is 0 Å². The number of furan rings is 1. The van der Waals surface area contributed by atoms with Crippen LogP contribution in [0.25, 0.3) is 11.3 Å². The van der Waals surface area contributed by atoms with Gasteiger partial charge in [-0.2, -0.15) is 5.10 Å². The number of rotatable bonds is 4. The average Bonchev–Trinajstić information content (AvgIpc) is 3.31. The Morgan fingerprint density at radius 1 is 1.34 bits per heavy atom. The molecule has 0 radical (unpaired) electrons. The summed E-state index contributed by atoms with van der Waals surface area (Å²) in [6.45, 7) is 0.332. The molecule has 1 aromatic carbocycles. The highest BCUT2D eigenvalue weighted by Crippen LogP contribution is 2.35. The van der Waals surface area contributed by atoms with E-state index in [0.29, 0.717) is 34.8 Å². The molecular weight excluding hydrogens is 461 g/mol. The number of nitrogens with zero attached hydrogens (tertiary/aromatic N) is 2. The standard InChI is InChI=1S/C22H18Cl2F2N4O2/c1-3-12-7-13(11-4-5-16(25)17(26)6-11)18(10-27-12)29-22(31)19-8-14(21(24)32-19)20-15(23)9-28-30(20)2/h1,4-6,8-9,12-13,18,27H,7,10H2,2H3,(H,29,31)/t12?,13-,18+/m0/s1. The van der Waals surface area contributed by atoms with Crippen molar-refractivity contribution in [2.45, 2.75) is 24.4 Å². The molecule has 6 nitrogen and oxygen atoms in total. The molecule has 1 aliphatic heterocycles. The van der Waals surface area contributed by atoms with Crippen LogP contribution in [0.2, 0.25) is 10.2 Å². The molecular formula is C22H18Cl2F2N4O2. The zero-order valence-corrected chi connectivity index (χ0v) is 18.3. The van der Waals surface area contributed by atoms with Gasteiger partial charge in [0.05, 0.1) is 28.5 Å². The van der Waals surface area contributed by atoms with Gasteiger partial charge in [0.1, 0.15) is 0 Å². The lowest BCUT2D eigenvalue weighted by Crippen LogP contribution is -2.53. The van der Waals surface area contributed by atoms with E-state index in [0.717, 1.165) is 12.1 Å². The van der Waals surface area contributed by atoms with E-state index in [1.807, 2.05) is 0 Å². The number of aromatic nitrogens is 2. The van der Waals surface area contributed by atoms with E-state index in [1.54, 1.807) is 7.05 Å². The number of carbonyl (C=O) groups excluding carboxylic acids is 1. The minimum Gasteiger partial charge on any atom is -0.439 e. The van der Waals surface area contributed by atoms with Crippen molar-refractivity contribution >= 4 is 29.1 Å². The quantitative estimate of drug-likeness (QED) is 0.552. The molecule has 1 saturated heterocycles. The molecule has 4 rings (SSSR count). The fourth-order valence-corrected chi connectivity index (χ4v) is 4.39. The Bertz CT molecular complexity index is 1200. The molecule has 3 heterocycles. The van der Waals surface area contributed by atoms with Crippen molar-refractivity contribution in [3.8, 4) is 23.6 Å². The monoisotopic (exact) mass is 478 g/mol. The molecule has 1 fully saturated rings. The van der Waals surface area contributed by atoms with Crippen LogP contribution >= 0.6 is 23.2 Å². The van der Waals surface area contributed by atoms with Gasteiger partial charge in [0.25, 0.3) is 5.91 Å². The second-order valence-corrected chi connectivity index (χ2v) is 8.24. The predicted molar refractivity (Wildman–Crippen MR) is 117 cm³/mol. The van der Waals surface area contributed by atoms with Crippen LogP contribution in [-0.2, 0) is 7.05 Å².